The molecule has 2 heteroatoms. The van der Waals surface area contributed by atoms with Gasteiger partial charge in [0.1, 0.15) is 0 Å². The maximum Gasteiger partial charge on any atom is 0.0252 e. The zero-order chi connectivity index (χ0) is 11.6. The van der Waals surface area contributed by atoms with E-state index in [4.69, 9.17) is 0 Å². The van der Waals surface area contributed by atoms with Gasteiger partial charge < -0.3 is 10.2 Å². The van der Waals surface area contributed by atoms with Crippen LogP contribution in [0.5, 0.6) is 0 Å². The van der Waals surface area contributed by atoms with E-state index in [1.807, 2.05) is 0 Å². The number of nitrogens with zero attached hydrogens (tertiary/aromatic N) is 1. The molecule has 16 heavy (non-hydrogen) atoms. The summed E-state index contributed by atoms with van der Waals surface area (Å²) in [5, 5.41) is 3.64. The van der Waals surface area contributed by atoms with Gasteiger partial charge in [-0.1, -0.05) is 13.3 Å². The van der Waals surface area contributed by atoms with Crippen molar-refractivity contribution >= 4 is 0 Å². The zero-order valence-electron chi connectivity index (χ0n) is 11.3. The molecule has 0 bridgehead atoms. The molecule has 0 aromatic heterocycles. The van der Waals surface area contributed by atoms with Crippen molar-refractivity contribution in [3.05, 3.63) is 0 Å². The van der Waals surface area contributed by atoms with Gasteiger partial charge in [-0.05, 0) is 58.0 Å². The Morgan fingerprint density at radius 2 is 2.12 bits per heavy atom. The van der Waals surface area contributed by atoms with Gasteiger partial charge in [0.2, 0.25) is 0 Å². The van der Waals surface area contributed by atoms with Crippen LogP contribution in [0.4, 0.5) is 0 Å². The number of hydrogen-bond donors (Lipinski definition) is 1. The van der Waals surface area contributed by atoms with E-state index in [2.05, 4.69) is 31.0 Å². The van der Waals surface area contributed by atoms with Gasteiger partial charge in [-0.15, -0.1) is 0 Å². The lowest BCUT2D eigenvalue weighted by Gasteiger charge is -2.31. The molecule has 0 spiro atoms. The third-order valence-corrected chi connectivity index (χ3v) is 4.19. The monoisotopic (exact) mass is 224 g/mol. The summed E-state index contributed by atoms with van der Waals surface area (Å²) in [6.07, 6.45) is 5.70. The van der Waals surface area contributed by atoms with E-state index in [1.165, 1.54) is 51.9 Å². The Balaban J connectivity index is 1.83. The molecular weight excluding hydrogens is 196 g/mol. The fourth-order valence-electron chi connectivity index (χ4n) is 3.44. The van der Waals surface area contributed by atoms with Crippen LogP contribution in [0.15, 0.2) is 0 Å². The van der Waals surface area contributed by atoms with Crippen molar-refractivity contribution in [3.63, 3.8) is 0 Å². The molecule has 0 aromatic carbocycles. The minimum atomic E-state index is 0.306. The van der Waals surface area contributed by atoms with Gasteiger partial charge in [0.25, 0.3) is 0 Å². The van der Waals surface area contributed by atoms with Crippen LogP contribution in [0.3, 0.4) is 0 Å². The van der Waals surface area contributed by atoms with Crippen LogP contribution in [0.2, 0.25) is 0 Å². The molecule has 1 aliphatic heterocycles. The third-order valence-electron chi connectivity index (χ3n) is 4.19. The van der Waals surface area contributed by atoms with E-state index in [0.29, 0.717) is 5.54 Å². The maximum atomic E-state index is 3.64. The first-order valence-electron chi connectivity index (χ1n) is 7.02. The zero-order valence-corrected chi connectivity index (χ0v) is 11.3. The van der Waals surface area contributed by atoms with E-state index in [1.54, 1.807) is 0 Å². The van der Waals surface area contributed by atoms with Crippen LogP contribution in [-0.4, -0.2) is 36.6 Å². The van der Waals surface area contributed by atoms with Crippen molar-refractivity contribution in [2.75, 3.05) is 26.2 Å². The predicted octanol–water partition coefficient (Wildman–Crippen LogP) is 2.50. The first kappa shape index (κ1) is 12.4. The van der Waals surface area contributed by atoms with Crippen LogP contribution in [0.25, 0.3) is 0 Å². The fourth-order valence-corrected chi connectivity index (χ4v) is 3.44. The minimum absolute atomic E-state index is 0.306. The molecule has 2 aliphatic rings. The Labute approximate surface area is 101 Å². The summed E-state index contributed by atoms with van der Waals surface area (Å²) >= 11 is 0. The quantitative estimate of drug-likeness (QED) is 0.775. The highest BCUT2D eigenvalue weighted by molar-refractivity contribution is 4.86. The summed E-state index contributed by atoms with van der Waals surface area (Å²) in [5.74, 6) is 1.95. The Morgan fingerprint density at radius 3 is 2.81 bits per heavy atom. The summed E-state index contributed by atoms with van der Waals surface area (Å²) < 4.78 is 0. The van der Waals surface area contributed by atoms with Crippen LogP contribution in [-0.2, 0) is 0 Å². The topological polar surface area (TPSA) is 15.3 Å². The summed E-state index contributed by atoms with van der Waals surface area (Å²) in [4.78, 5) is 2.70. The lowest BCUT2D eigenvalue weighted by molar-refractivity contribution is 0.199. The van der Waals surface area contributed by atoms with Crippen molar-refractivity contribution in [1.82, 2.24) is 10.2 Å². The lowest BCUT2D eigenvalue weighted by atomic mass is 10.0. The maximum absolute atomic E-state index is 3.64. The highest BCUT2D eigenvalue weighted by atomic mass is 15.2. The Morgan fingerprint density at radius 1 is 1.31 bits per heavy atom. The molecule has 2 fully saturated rings. The van der Waals surface area contributed by atoms with Crippen molar-refractivity contribution in [3.8, 4) is 0 Å². The number of nitrogens with one attached hydrogen (secondary N) is 1. The molecule has 0 amide bonds. The van der Waals surface area contributed by atoms with Crippen molar-refractivity contribution in [1.29, 1.82) is 0 Å². The molecule has 1 N–H and O–H groups in total. The number of rotatable bonds is 2. The molecule has 94 valence electrons. The van der Waals surface area contributed by atoms with Crippen molar-refractivity contribution in [2.24, 2.45) is 11.8 Å². The second-order valence-electron chi connectivity index (χ2n) is 6.68. The second kappa shape index (κ2) is 5.05. The Kier molecular flexibility index (Phi) is 3.91. The smallest absolute Gasteiger partial charge is 0.0252 e. The Bertz CT molecular complexity index is 225. The van der Waals surface area contributed by atoms with Gasteiger partial charge in [0.05, 0.1) is 0 Å². The van der Waals surface area contributed by atoms with E-state index < -0.39 is 0 Å². The SMILES string of the molecule is CC1CCC(CN2CCCNC(C)(C)C2)C1. The van der Waals surface area contributed by atoms with E-state index in [0.717, 1.165) is 11.8 Å². The molecule has 2 rings (SSSR count). The third kappa shape index (κ3) is 3.46. The van der Waals surface area contributed by atoms with Gasteiger partial charge in [0, 0.05) is 18.6 Å². The molecule has 0 aromatic rings. The molecule has 1 saturated heterocycles. The second-order valence-corrected chi connectivity index (χ2v) is 6.68. The summed E-state index contributed by atoms with van der Waals surface area (Å²) in [6.45, 7) is 12.1. The summed E-state index contributed by atoms with van der Waals surface area (Å²) in [7, 11) is 0. The minimum Gasteiger partial charge on any atom is -0.310 e. The van der Waals surface area contributed by atoms with Crippen LogP contribution >= 0.6 is 0 Å². The molecule has 2 unspecified atom stereocenters. The summed E-state index contributed by atoms with van der Waals surface area (Å²) in [6, 6.07) is 0. The van der Waals surface area contributed by atoms with Crippen LogP contribution < -0.4 is 5.32 Å². The van der Waals surface area contributed by atoms with Gasteiger partial charge in [-0.3, -0.25) is 0 Å². The largest absolute Gasteiger partial charge is 0.310 e. The van der Waals surface area contributed by atoms with Crippen LogP contribution in [0, 0.1) is 11.8 Å². The highest BCUT2D eigenvalue weighted by Crippen LogP contribution is 2.31. The van der Waals surface area contributed by atoms with Gasteiger partial charge in [-0.2, -0.15) is 0 Å². The molecule has 1 heterocycles. The normalized spacial score (nSPS) is 36.2. The fraction of sp³-hybridized carbons (Fsp3) is 1.00. The molecule has 2 nitrogen and oxygen atoms in total. The first-order chi connectivity index (χ1) is 7.55. The molecule has 1 saturated carbocycles. The first-order valence-corrected chi connectivity index (χ1v) is 7.02. The average Bonchev–Trinajstić information content (AvgIpc) is 2.49. The predicted molar refractivity (Wildman–Crippen MR) is 69.6 cm³/mol. The van der Waals surface area contributed by atoms with Crippen molar-refractivity contribution < 1.29 is 0 Å². The lowest BCUT2D eigenvalue weighted by Crippen LogP contribution is -2.47. The molecule has 1 aliphatic carbocycles. The highest BCUT2D eigenvalue weighted by Gasteiger charge is 2.28. The summed E-state index contributed by atoms with van der Waals surface area (Å²) in [5.41, 5.74) is 0.306. The number of hydrogen-bond acceptors (Lipinski definition) is 2. The van der Waals surface area contributed by atoms with Gasteiger partial charge in [0.15, 0.2) is 0 Å². The standard InChI is InChI=1S/C14H28N2/c1-12-5-6-13(9-12)10-16-8-4-7-15-14(2,3)11-16/h12-13,15H,4-11H2,1-3H3. The Hall–Kier alpha value is -0.0800. The van der Waals surface area contributed by atoms with E-state index >= 15 is 0 Å². The van der Waals surface area contributed by atoms with Crippen LogP contribution in [0.1, 0.15) is 46.5 Å². The van der Waals surface area contributed by atoms with E-state index in [-0.39, 0.29) is 0 Å². The average molecular weight is 224 g/mol. The molecular formula is C14H28N2. The van der Waals surface area contributed by atoms with Gasteiger partial charge >= 0.3 is 0 Å². The van der Waals surface area contributed by atoms with Crippen molar-refractivity contribution in [2.45, 2.75) is 52.0 Å². The van der Waals surface area contributed by atoms with Gasteiger partial charge in [-0.25, -0.2) is 0 Å². The van der Waals surface area contributed by atoms with E-state index in [9.17, 15) is 0 Å². The molecule has 0 radical (unpaired) electrons. The molecule has 2 atom stereocenters.